The second-order valence-electron chi connectivity index (χ2n) is 19.3. The van der Waals surface area contributed by atoms with Gasteiger partial charge in [0.1, 0.15) is 11.4 Å². The molecule has 2 saturated heterocycles. The molecule has 10 rings (SSSR count). The van der Waals surface area contributed by atoms with Crippen LogP contribution >= 0.6 is 0 Å². The van der Waals surface area contributed by atoms with Crippen molar-refractivity contribution in [2.24, 2.45) is 11.8 Å². The number of carbonyl (C=O) groups excluding carboxylic acids is 4. The molecule has 3 unspecified atom stereocenters. The molecule has 4 aliphatic heterocycles. The molecular weight excluding hydrogens is 1010 g/mol. The smallest absolute Gasteiger partial charge is 0.377 e. The number of alkyl halides is 6. The molecule has 0 bridgehead atoms. The van der Waals surface area contributed by atoms with Gasteiger partial charge in [-0.1, -0.05) is 36.4 Å². The second-order valence-corrected chi connectivity index (χ2v) is 19.3. The van der Waals surface area contributed by atoms with Crippen molar-refractivity contribution < 1.29 is 55.0 Å². The summed E-state index contributed by atoms with van der Waals surface area (Å²) in [6, 6.07) is 26.9. The third-order valence-corrected chi connectivity index (χ3v) is 14.4. The molecule has 20 heteroatoms. The van der Waals surface area contributed by atoms with E-state index in [1.165, 1.54) is 12.1 Å². The summed E-state index contributed by atoms with van der Waals surface area (Å²) in [5.74, 6) is -1.69. The molecular formula is C57H56F6N8O6. The van der Waals surface area contributed by atoms with Crippen LogP contribution < -0.4 is 31.1 Å². The molecule has 0 spiro atoms. The van der Waals surface area contributed by atoms with E-state index in [1.807, 2.05) is 69.3 Å². The predicted molar refractivity (Wildman–Crippen MR) is 279 cm³/mol. The molecule has 0 aliphatic carbocycles. The lowest BCUT2D eigenvalue weighted by Gasteiger charge is -2.45. The van der Waals surface area contributed by atoms with Gasteiger partial charge in [0.25, 0.3) is 11.8 Å². The molecule has 4 aromatic carbocycles. The third-order valence-electron chi connectivity index (χ3n) is 14.4. The summed E-state index contributed by atoms with van der Waals surface area (Å²) in [6.07, 6.45) is -6.11. The number of nitrogens with zero attached hydrogens (tertiary/aromatic N) is 4. The van der Waals surface area contributed by atoms with Gasteiger partial charge >= 0.3 is 12.4 Å². The number of halogens is 6. The largest absolute Gasteiger partial charge is 0.433 e. The number of aryl methyl sites for hydroxylation is 2. The van der Waals surface area contributed by atoms with Gasteiger partial charge in [-0.25, -0.2) is 0 Å². The Balaban J connectivity index is 0.000000188. The van der Waals surface area contributed by atoms with E-state index in [-0.39, 0.29) is 46.9 Å². The molecule has 2 fully saturated rings. The Morgan fingerprint density at radius 1 is 0.597 bits per heavy atom. The van der Waals surface area contributed by atoms with Crippen LogP contribution in [-0.4, -0.2) is 98.8 Å². The standard InChI is InChI=1S/C29H29F3N4O3.C28H27F3N4O3/c1-3-33-28(38)23-12-19-6-5-18(13-24(19)36-10-11-39-16-25(23)36)22-15-21(7-4-17(22)2)35-27(37)20-8-9-34-26(14-20)29(30,31)32;1-16-3-6-20(34-26(36)19-7-8-33-25(13-19)28(29,30)31)14-21(16)17-4-5-18-11-22(27(37)32-2)24-15-38-10-9-35(24)23(18)12-17/h4-9,13-15,23,25H,3,10-12,16H2,1-2H3,(H,33,38)(H,35,37);3-8,12-14,22,24H,9-11,15H2,1-2H3,(H,32,37)(H,34,36)/t;22?,24-/m.0/s1. The molecule has 0 radical (unpaired) electrons. The summed E-state index contributed by atoms with van der Waals surface area (Å²) < 4.78 is 89.6. The molecule has 77 heavy (non-hydrogen) atoms. The van der Waals surface area contributed by atoms with Gasteiger partial charge in [0.2, 0.25) is 11.8 Å². The van der Waals surface area contributed by atoms with E-state index in [4.69, 9.17) is 9.47 Å². The highest BCUT2D eigenvalue weighted by Crippen LogP contribution is 2.42. The minimum absolute atomic E-state index is 0.00364. The lowest BCUT2D eigenvalue weighted by Crippen LogP contribution is -2.56. The van der Waals surface area contributed by atoms with Crippen LogP contribution in [0.3, 0.4) is 0 Å². The Morgan fingerprint density at radius 3 is 1.45 bits per heavy atom. The van der Waals surface area contributed by atoms with Gasteiger partial charge in [0.15, 0.2) is 0 Å². The number of benzene rings is 4. The van der Waals surface area contributed by atoms with Crippen molar-refractivity contribution in [2.75, 3.05) is 73.5 Å². The molecule has 6 aromatic rings. The van der Waals surface area contributed by atoms with Gasteiger partial charge in [0, 0.05) is 73.0 Å². The zero-order valence-corrected chi connectivity index (χ0v) is 42.6. The minimum Gasteiger partial charge on any atom is -0.377 e. The van der Waals surface area contributed by atoms with Crippen molar-refractivity contribution >= 4 is 46.4 Å². The number of hydrogen-bond donors (Lipinski definition) is 4. The lowest BCUT2D eigenvalue weighted by molar-refractivity contribution is -0.142. The number of rotatable bonds is 9. The number of aromatic nitrogens is 2. The fourth-order valence-electron chi connectivity index (χ4n) is 10.5. The Morgan fingerprint density at radius 2 is 1.04 bits per heavy atom. The van der Waals surface area contributed by atoms with Gasteiger partial charge in [-0.3, -0.25) is 29.1 Å². The first-order chi connectivity index (χ1) is 36.8. The van der Waals surface area contributed by atoms with E-state index in [9.17, 15) is 45.5 Å². The number of anilines is 4. The number of nitrogens with one attached hydrogen (secondary N) is 4. The van der Waals surface area contributed by atoms with Gasteiger partial charge in [-0.05, 0) is 139 Å². The van der Waals surface area contributed by atoms with Gasteiger partial charge in [0.05, 0.1) is 50.3 Å². The van der Waals surface area contributed by atoms with Crippen LogP contribution in [0.15, 0.2) is 109 Å². The van der Waals surface area contributed by atoms with E-state index in [2.05, 4.69) is 53.2 Å². The van der Waals surface area contributed by atoms with E-state index in [1.54, 1.807) is 19.2 Å². The predicted octanol–water partition coefficient (Wildman–Crippen LogP) is 9.29. The monoisotopic (exact) mass is 1060 g/mol. The number of pyridine rings is 2. The Hall–Kier alpha value is -7.84. The maximum atomic E-state index is 13.0. The molecule has 2 aromatic heterocycles. The van der Waals surface area contributed by atoms with E-state index >= 15 is 0 Å². The van der Waals surface area contributed by atoms with Crippen LogP contribution in [0.2, 0.25) is 0 Å². The average Bonchev–Trinajstić information content (AvgIpc) is 3.44. The summed E-state index contributed by atoms with van der Waals surface area (Å²) in [5.41, 5.74) is 8.31. The van der Waals surface area contributed by atoms with Gasteiger partial charge < -0.3 is 40.5 Å². The van der Waals surface area contributed by atoms with Crippen molar-refractivity contribution in [3.63, 3.8) is 0 Å². The number of morpholine rings is 2. The highest BCUT2D eigenvalue weighted by molar-refractivity contribution is 6.05. The fourth-order valence-corrected chi connectivity index (χ4v) is 10.5. The summed E-state index contributed by atoms with van der Waals surface area (Å²) in [6.45, 7) is 9.87. The maximum absolute atomic E-state index is 13.0. The molecule has 4 aliphatic rings. The summed E-state index contributed by atoms with van der Waals surface area (Å²) in [4.78, 5) is 62.0. The highest BCUT2D eigenvalue weighted by atomic mass is 19.4. The molecule has 14 nitrogen and oxygen atoms in total. The number of carbonyl (C=O) groups is 4. The fraction of sp³-hybridized carbons (Fsp3) is 0.333. The van der Waals surface area contributed by atoms with E-state index in [0.717, 1.165) is 80.4 Å². The molecule has 4 amide bonds. The Bertz CT molecular complexity index is 3220. The number of amides is 4. The van der Waals surface area contributed by atoms with Crippen molar-refractivity contribution in [1.29, 1.82) is 0 Å². The minimum atomic E-state index is -4.64. The highest BCUT2D eigenvalue weighted by Gasteiger charge is 2.42. The lowest BCUT2D eigenvalue weighted by atomic mass is 9.83. The number of ether oxygens (including phenoxy) is 2. The average molecular weight is 1060 g/mol. The molecule has 4 N–H and O–H groups in total. The zero-order chi connectivity index (χ0) is 54.8. The Labute approximate surface area is 440 Å². The van der Waals surface area contributed by atoms with E-state index < -0.39 is 35.6 Å². The SMILES string of the molecule is CCNC(=O)C1Cc2ccc(-c3cc(NC(=O)c4ccnc(C(F)(F)F)c4)ccc3C)cc2N2CCOCC12.CNC(=O)C1Cc2ccc(-c3cc(NC(=O)c4ccnc(C(F)(F)F)c4)ccc3C)cc2N2CCOC[C@@H]12. The van der Waals surface area contributed by atoms with E-state index in [0.29, 0.717) is 70.3 Å². The zero-order valence-electron chi connectivity index (χ0n) is 42.6. The normalized spacial score (nSPS) is 18.7. The van der Waals surface area contributed by atoms with Crippen LogP contribution in [-0.2, 0) is 44.3 Å². The Kier molecular flexibility index (Phi) is 15.7. The van der Waals surface area contributed by atoms with Crippen molar-refractivity contribution in [3.05, 3.63) is 154 Å². The maximum Gasteiger partial charge on any atom is 0.433 e. The van der Waals surface area contributed by atoms with Crippen LogP contribution in [0.25, 0.3) is 22.3 Å². The first kappa shape index (κ1) is 54.0. The summed E-state index contributed by atoms with van der Waals surface area (Å²) in [7, 11) is 1.65. The third kappa shape index (κ3) is 11.8. The first-order valence-electron chi connectivity index (χ1n) is 25.2. The molecule has 6 heterocycles. The van der Waals surface area contributed by atoms with Crippen LogP contribution in [0, 0.1) is 25.7 Å². The van der Waals surface area contributed by atoms with Crippen LogP contribution in [0.1, 0.15) is 61.3 Å². The topological polar surface area (TPSA) is 167 Å². The van der Waals surface area contributed by atoms with Gasteiger partial charge in [-0.2, -0.15) is 26.3 Å². The molecule has 0 saturated carbocycles. The molecule has 4 atom stereocenters. The van der Waals surface area contributed by atoms with Crippen LogP contribution in [0.5, 0.6) is 0 Å². The van der Waals surface area contributed by atoms with Crippen molar-refractivity contribution in [1.82, 2.24) is 20.6 Å². The second kappa shape index (κ2) is 22.4. The van der Waals surface area contributed by atoms with Crippen molar-refractivity contribution in [3.8, 4) is 22.3 Å². The summed E-state index contributed by atoms with van der Waals surface area (Å²) >= 11 is 0. The summed E-state index contributed by atoms with van der Waals surface area (Å²) in [5, 5.41) is 11.1. The quantitative estimate of drug-likeness (QED) is 0.103. The molecule has 402 valence electrons. The first-order valence-corrected chi connectivity index (χ1v) is 25.2. The van der Waals surface area contributed by atoms with Gasteiger partial charge in [-0.15, -0.1) is 0 Å². The number of hydrogen-bond acceptors (Lipinski definition) is 10. The number of fused-ring (bicyclic) bond motifs is 6. The van der Waals surface area contributed by atoms with Crippen LogP contribution in [0.4, 0.5) is 49.1 Å². The van der Waals surface area contributed by atoms with Crippen molar-refractivity contribution in [2.45, 2.75) is 58.0 Å².